The monoisotopic (exact) mass is 581 g/mol. The maximum Gasteiger partial charge on any atom is 0.418 e. The Bertz CT molecular complexity index is 1400. The van der Waals surface area contributed by atoms with E-state index in [1.165, 1.54) is 12.1 Å². The Morgan fingerprint density at radius 2 is 1.37 bits per heavy atom. The molecule has 0 spiro atoms. The molecule has 0 bridgehead atoms. The van der Waals surface area contributed by atoms with Crippen LogP contribution in [-0.4, -0.2) is 42.6 Å². The van der Waals surface area contributed by atoms with Gasteiger partial charge in [-0.25, -0.2) is 0 Å². The van der Waals surface area contributed by atoms with Crippen LogP contribution in [0.1, 0.15) is 15.9 Å². The highest BCUT2D eigenvalue weighted by Crippen LogP contribution is 2.40. The van der Waals surface area contributed by atoms with Crippen LogP contribution in [0.2, 0.25) is 10.0 Å². The van der Waals surface area contributed by atoms with Gasteiger partial charge in [-0.05, 0) is 79.8 Å². The van der Waals surface area contributed by atoms with E-state index in [9.17, 15) is 18.0 Å². The van der Waals surface area contributed by atoms with Gasteiger partial charge >= 0.3 is 6.18 Å². The van der Waals surface area contributed by atoms with Crippen molar-refractivity contribution in [2.45, 2.75) is 6.18 Å². The predicted molar refractivity (Wildman–Crippen MR) is 150 cm³/mol. The van der Waals surface area contributed by atoms with Gasteiger partial charge in [0.15, 0.2) is 0 Å². The molecule has 0 saturated carbocycles. The minimum atomic E-state index is -4.63. The third-order valence-corrected chi connectivity index (χ3v) is 6.30. The lowest BCUT2D eigenvalue weighted by atomic mass is 10.1. The molecule has 1 N–H and O–H groups in total. The topological polar surface area (TPSA) is 37.3 Å². The van der Waals surface area contributed by atoms with Gasteiger partial charge in [-0.1, -0.05) is 47.5 Å². The minimum Gasteiger partial charge on any atom is -0.351 e. The zero-order valence-electron chi connectivity index (χ0n) is 20.5. The van der Waals surface area contributed by atoms with E-state index in [1.807, 2.05) is 19.0 Å². The summed E-state index contributed by atoms with van der Waals surface area (Å²) in [6.07, 6.45) is -4.63. The van der Waals surface area contributed by atoms with Crippen molar-refractivity contribution < 1.29 is 18.0 Å². The molecule has 3 aromatic carbocycles. The molecule has 200 valence electrons. The Labute approximate surface area is 235 Å². The molecule has 38 heavy (non-hydrogen) atoms. The molecule has 4 nitrogen and oxygen atoms in total. The second kappa shape index (κ2) is 12.3. The maximum atomic E-state index is 14.1. The van der Waals surface area contributed by atoms with E-state index >= 15 is 0 Å². The van der Waals surface area contributed by atoms with E-state index < -0.39 is 11.7 Å². The van der Waals surface area contributed by atoms with Gasteiger partial charge in [-0.2, -0.15) is 13.2 Å². The fourth-order valence-corrected chi connectivity index (χ4v) is 4.28. The average molecular weight is 583 g/mol. The second-order valence-electron chi connectivity index (χ2n) is 8.74. The number of nitrogens with zero attached hydrogens (tertiary/aromatic N) is 2. The van der Waals surface area contributed by atoms with Gasteiger partial charge in [-0.15, -0.1) is 12.4 Å². The van der Waals surface area contributed by atoms with E-state index in [0.717, 1.165) is 6.07 Å². The standard InChI is InChI=1S/C28H24Cl2F3N3O.ClH/c1-35(2)16-15-34-27(37)20-5-3-18(4-6-20)24-13-14-25(19-7-9-21(29)10-8-19)36(24)26-12-11-22(30)17-23(26)28(31,32)33;/h3-14,17H,15-16H2,1-2H3,(H,34,37);1H. The van der Waals surface area contributed by atoms with E-state index in [4.69, 9.17) is 23.2 Å². The van der Waals surface area contributed by atoms with E-state index in [-0.39, 0.29) is 29.0 Å². The first-order chi connectivity index (χ1) is 17.5. The fourth-order valence-electron chi connectivity index (χ4n) is 3.99. The molecule has 0 aliphatic carbocycles. The summed E-state index contributed by atoms with van der Waals surface area (Å²) >= 11 is 12.0. The number of hydrogen-bond donors (Lipinski definition) is 1. The van der Waals surface area contributed by atoms with Crippen molar-refractivity contribution in [2.24, 2.45) is 0 Å². The van der Waals surface area contributed by atoms with Crippen molar-refractivity contribution in [1.29, 1.82) is 0 Å². The van der Waals surface area contributed by atoms with Crippen LogP contribution in [-0.2, 0) is 6.18 Å². The summed E-state index contributed by atoms with van der Waals surface area (Å²) in [6, 6.07) is 20.9. The molecule has 1 aromatic heterocycles. The first-order valence-electron chi connectivity index (χ1n) is 11.4. The van der Waals surface area contributed by atoms with Crippen molar-refractivity contribution in [1.82, 2.24) is 14.8 Å². The number of aromatic nitrogens is 1. The third kappa shape index (κ3) is 6.72. The van der Waals surface area contributed by atoms with Crippen LogP contribution in [0.25, 0.3) is 28.2 Å². The summed E-state index contributed by atoms with van der Waals surface area (Å²) < 4.78 is 43.8. The molecule has 0 aliphatic rings. The van der Waals surface area contributed by atoms with Crippen LogP contribution >= 0.6 is 35.6 Å². The Balaban J connectivity index is 0.00000400. The number of carbonyl (C=O) groups is 1. The molecule has 4 rings (SSSR count). The Hall–Kier alpha value is -2.97. The summed E-state index contributed by atoms with van der Waals surface area (Å²) in [7, 11) is 3.83. The number of amides is 1. The fraction of sp³-hybridized carbons (Fsp3) is 0.179. The lowest BCUT2D eigenvalue weighted by Gasteiger charge is -2.20. The van der Waals surface area contributed by atoms with Gasteiger partial charge in [0.2, 0.25) is 0 Å². The number of halogens is 6. The van der Waals surface area contributed by atoms with Gasteiger partial charge in [0, 0.05) is 28.7 Å². The average Bonchev–Trinajstić information content (AvgIpc) is 3.28. The van der Waals surface area contributed by atoms with Crippen LogP contribution in [0.3, 0.4) is 0 Å². The molecule has 0 fully saturated rings. The second-order valence-corrected chi connectivity index (χ2v) is 9.61. The lowest BCUT2D eigenvalue weighted by molar-refractivity contribution is -0.137. The highest BCUT2D eigenvalue weighted by atomic mass is 35.5. The highest BCUT2D eigenvalue weighted by Gasteiger charge is 2.35. The van der Waals surface area contributed by atoms with Crippen LogP contribution in [0, 0.1) is 0 Å². The predicted octanol–water partition coefficient (Wildman–Crippen LogP) is 7.85. The SMILES string of the molecule is CN(C)CCNC(=O)c1ccc(-c2ccc(-c3ccc(Cl)cc3)n2-c2ccc(Cl)cc2C(F)(F)F)cc1.Cl. The molecular formula is C28H25Cl3F3N3O. The molecule has 0 unspecified atom stereocenters. The molecule has 0 aliphatic heterocycles. The summed E-state index contributed by atoms with van der Waals surface area (Å²) in [5, 5.41) is 3.36. The number of rotatable bonds is 7. The molecule has 1 amide bonds. The number of alkyl halides is 3. The smallest absolute Gasteiger partial charge is 0.351 e. The Morgan fingerprint density at radius 3 is 1.89 bits per heavy atom. The van der Waals surface area contributed by atoms with Crippen molar-refractivity contribution in [3.05, 3.63) is 100 Å². The van der Waals surface area contributed by atoms with Gasteiger partial charge in [-0.3, -0.25) is 4.79 Å². The Kier molecular flexibility index (Phi) is 9.54. The molecule has 1 heterocycles. The number of benzene rings is 3. The first-order valence-corrected chi connectivity index (χ1v) is 12.2. The summed E-state index contributed by atoms with van der Waals surface area (Å²) in [4.78, 5) is 14.4. The number of hydrogen-bond acceptors (Lipinski definition) is 2. The van der Waals surface area contributed by atoms with Gasteiger partial charge in [0.05, 0.1) is 22.6 Å². The van der Waals surface area contributed by atoms with Crippen LogP contribution in [0.15, 0.2) is 78.9 Å². The van der Waals surface area contributed by atoms with Crippen LogP contribution in [0.5, 0.6) is 0 Å². The zero-order valence-corrected chi connectivity index (χ0v) is 22.8. The summed E-state index contributed by atoms with van der Waals surface area (Å²) in [5.74, 6) is -0.220. The first kappa shape index (κ1) is 29.6. The molecule has 0 radical (unpaired) electrons. The number of likely N-dealkylation sites (N-methyl/N-ethyl adjacent to an activating group) is 1. The molecule has 10 heteroatoms. The van der Waals surface area contributed by atoms with E-state index in [0.29, 0.717) is 46.2 Å². The molecule has 4 aromatic rings. The summed E-state index contributed by atoms with van der Waals surface area (Å²) in [6.45, 7) is 1.20. The third-order valence-electron chi connectivity index (χ3n) is 5.81. The van der Waals surface area contributed by atoms with Gasteiger partial charge in [0.25, 0.3) is 5.91 Å². The number of nitrogens with one attached hydrogen (secondary N) is 1. The molecular weight excluding hydrogens is 558 g/mol. The number of carbonyl (C=O) groups excluding carboxylic acids is 1. The summed E-state index contributed by atoms with van der Waals surface area (Å²) in [5.41, 5.74) is 1.95. The van der Waals surface area contributed by atoms with Crippen LogP contribution in [0.4, 0.5) is 13.2 Å². The maximum absolute atomic E-state index is 14.1. The minimum absolute atomic E-state index is 0. The van der Waals surface area contributed by atoms with Gasteiger partial charge < -0.3 is 14.8 Å². The van der Waals surface area contributed by atoms with Crippen LogP contribution < -0.4 is 5.32 Å². The van der Waals surface area contributed by atoms with Crippen molar-refractivity contribution in [3.8, 4) is 28.2 Å². The Morgan fingerprint density at radius 1 is 0.842 bits per heavy atom. The van der Waals surface area contributed by atoms with Crippen molar-refractivity contribution in [3.63, 3.8) is 0 Å². The molecule has 0 saturated heterocycles. The molecule has 0 atom stereocenters. The van der Waals surface area contributed by atoms with Crippen molar-refractivity contribution in [2.75, 3.05) is 27.2 Å². The quantitative estimate of drug-likeness (QED) is 0.241. The van der Waals surface area contributed by atoms with Gasteiger partial charge in [0.1, 0.15) is 0 Å². The largest absolute Gasteiger partial charge is 0.418 e. The zero-order chi connectivity index (χ0) is 26.7. The lowest BCUT2D eigenvalue weighted by Crippen LogP contribution is -2.31. The van der Waals surface area contributed by atoms with E-state index in [1.54, 1.807) is 65.2 Å². The highest BCUT2D eigenvalue weighted by molar-refractivity contribution is 6.31. The van der Waals surface area contributed by atoms with E-state index in [2.05, 4.69) is 5.32 Å². The normalized spacial score (nSPS) is 11.4. The van der Waals surface area contributed by atoms with Crippen molar-refractivity contribution >= 4 is 41.5 Å².